The van der Waals surface area contributed by atoms with Crippen molar-refractivity contribution in [3.05, 3.63) is 0 Å². The lowest BCUT2D eigenvalue weighted by Crippen LogP contribution is -2.21. The second-order valence-corrected chi connectivity index (χ2v) is 5.05. The second kappa shape index (κ2) is 2.81. The summed E-state index contributed by atoms with van der Waals surface area (Å²) in [5, 5.41) is 0.369. The van der Waals surface area contributed by atoms with Gasteiger partial charge < -0.3 is 0 Å². The van der Waals surface area contributed by atoms with Crippen molar-refractivity contribution in [2.45, 2.75) is 38.4 Å². The summed E-state index contributed by atoms with van der Waals surface area (Å²) in [7, 11) is 0. The molecule has 66 valence electrons. The molecule has 2 heteroatoms. The summed E-state index contributed by atoms with van der Waals surface area (Å²) in [6.07, 6.45) is 0. The zero-order chi connectivity index (χ0) is 8.81. The van der Waals surface area contributed by atoms with Gasteiger partial charge in [-0.3, -0.25) is 0 Å². The van der Waals surface area contributed by atoms with Crippen molar-refractivity contribution >= 4 is 23.2 Å². The van der Waals surface area contributed by atoms with E-state index in [0.717, 1.165) is 0 Å². The van der Waals surface area contributed by atoms with Crippen molar-refractivity contribution in [3.8, 4) is 0 Å². The maximum absolute atomic E-state index is 6.12. The molecule has 1 aliphatic carbocycles. The molecule has 0 aromatic rings. The van der Waals surface area contributed by atoms with Crippen LogP contribution in [0.15, 0.2) is 0 Å². The summed E-state index contributed by atoms with van der Waals surface area (Å²) >= 11 is 12.2. The summed E-state index contributed by atoms with van der Waals surface area (Å²) in [5.41, 5.74) is 0.198. The molecule has 2 atom stereocenters. The summed E-state index contributed by atoms with van der Waals surface area (Å²) in [5.74, 6) is 1.18. The number of halogens is 2. The Morgan fingerprint density at radius 1 is 0.909 bits per heavy atom. The molecule has 0 bridgehead atoms. The standard InChI is InChI=1S/C9H16Cl2/c1-5(2)9(6(3)4)7(10)8(9)11/h5-8H,1-4H3. The first kappa shape index (κ1) is 9.67. The molecule has 1 fully saturated rings. The Kier molecular flexibility index (Phi) is 2.47. The van der Waals surface area contributed by atoms with Gasteiger partial charge in [-0.2, -0.15) is 0 Å². The first-order chi connectivity index (χ1) is 4.95. The molecule has 1 rings (SSSR count). The van der Waals surface area contributed by atoms with Gasteiger partial charge >= 0.3 is 0 Å². The van der Waals surface area contributed by atoms with Gasteiger partial charge in [0, 0.05) is 5.41 Å². The monoisotopic (exact) mass is 194 g/mol. The van der Waals surface area contributed by atoms with Crippen molar-refractivity contribution in [2.75, 3.05) is 0 Å². The normalized spacial score (nSPS) is 34.9. The second-order valence-electron chi connectivity index (χ2n) is 4.11. The Balaban J connectivity index is 2.78. The fourth-order valence-electron chi connectivity index (χ4n) is 2.28. The Morgan fingerprint density at radius 2 is 1.18 bits per heavy atom. The largest absolute Gasteiger partial charge is 0.121 e. The minimum absolute atomic E-state index is 0.184. The number of hydrogen-bond acceptors (Lipinski definition) is 0. The molecule has 0 aromatic heterocycles. The molecule has 0 N–H and O–H groups in total. The number of hydrogen-bond donors (Lipinski definition) is 0. The third kappa shape index (κ3) is 1.10. The molecule has 0 aliphatic heterocycles. The van der Waals surface area contributed by atoms with Gasteiger partial charge in [0.1, 0.15) is 0 Å². The molecule has 0 saturated heterocycles. The molecule has 0 amide bonds. The summed E-state index contributed by atoms with van der Waals surface area (Å²) in [6, 6.07) is 0. The van der Waals surface area contributed by atoms with Crippen molar-refractivity contribution in [1.82, 2.24) is 0 Å². The van der Waals surface area contributed by atoms with Gasteiger partial charge in [0.25, 0.3) is 0 Å². The van der Waals surface area contributed by atoms with Crippen LogP contribution in [0, 0.1) is 17.3 Å². The zero-order valence-electron chi connectivity index (χ0n) is 7.57. The van der Waals surface area contributed by atoms with Crippen LogP contribution in [0.25, 0.3) is 0 Å². The van der Waals surface area contributed by atoms with E-state index < -0.39 is 0 Å². The first-order valence-corrected chi connectivity index (χ1v) is 5.11. The molecule has 1 saturated carbocycles. The van der Waals surface area contributed by atoms with E-state index in [0.29, 0.717) is 11.8 Å². The highest BCUT2D eigenvalue weighted by Crippen LogP contribution is 2.63. The van der Waals surface area contributed by atoms with Crippen LogP contribution in [0.5, 0.6) is 0 Å². The van der Waals surface area contributed by atoms with Gasteiger partial charge in [-0.05, 0) is 11.8 Å². The van der Waals surface area contributed by atoms with Crippen LogP contribution in [0.4, 0.5) is 0 Å². The highest BCUT2D eigenvalue weighted by molar-refractivity contribution is 6.35. The lowest BCUT2D eigenvalue weighted by molar-refractivity contribution is 0.263. The summed E-state index contributed by atoms with van der Waals surface area (Å²) in [4.78, 5) is 0. The van der Waals surface area contributed by atoms with Crippen LogP contribution in [0.3, 0.4) is 0 Å². The summed E-state index contributed by atoms with van der Waals surface area (Å²) in [6.45, 7) is 8.82. The maximum Gasteiger partial charge on any atom is 0.0581 e. The molecule has 1 aliphatic rings. The van der Waals surface area contributed by atoms with E-state index in [2.05, 4.69) is 27.7 Å². The van der Waals surface area contributed by atoms with Crippen LogP contribution in [-0.2, 0) is 0 Å². The molecule has 0 nitrogen and oxygen atoms in total. The first-order valence-electron chi connectivity index (χ1n) is 4.23. The Bertz CT molecular complexity index is 121. The fourth-order valence-corrected chi connectivity index (χ4v) is 3.91. The van der Waals surface area contributed by atoms with Crippen LogP contribution in [-0.4, -0.2) is 10.8 Å². The van der Waals surface area contributed by atoms with Crippen molar-refractivity contribution < 1.29 is 0 Å². The molecule has 2 unspecified atom stereocenters. The van der Waals surface area contributed by atoms with Gasteiger partial charge in [-0.15, -0.1) is 23.2 Å². The van der Waals surface area contributed by atoms with Gasteiger partial charge in [0.2, 0.25) is 0 Å². The van der Waals surface area contributed by atoms with Gasteiger partial charge in [0.15, 0.2) is 0 Å². The van der Waals surface area contributed by atoms with Crippen LogP contribution in [0.1, 0.15) is 27.7 Å². The molecule has 11 heavy (non-hydrogen) atoms. The van der Waals surface area contributed by atoms with Crippen LogP contribution < -0.4 is 0 Å². The van der Waals surface area contributed by atoms with Crippen molar-refractivity contribution in [1.29, 1.82) is 0 Å². The van der Waals surface area contributed by atoms with Crippen molar-refractivity contribution in [2.24, 2.45) is 17.3 Å². The van der Waals surface area contributed by atoms with E-state index in [1.807, 2.05) is 0 Å². The average molecular weight is 195 g/mol. The lowest BCUT2D eigenvalue weighted by Gasteiger charge is -2.24. The predicted octanol–water partition coefficient (Wildman–Crippen LogP) is 3.51. The summed E-state index contributed by atoms with van der Waals surface area (Å²) < 4.78 is 0. The molecular weight excluding hydrogens is 179 g/mol. The van der Waals surface area contributed by atoms with E-state index >= 15 is 0 Å². The maximum atomic E-state index is 6.12. The lowest BCUT2D eigenvalue weighted by atomic mass is 9.82. The predicted molar refractivity (Wildman–Crippen MR) is 51.4 cm³/mol. The molecule has 0 spiro atoms. The highest BCUT2D eigenvalue weighted by Gasteiger charge is 2.66. The van der Waals surface area contributed by atoms with E-state index in [4.69, 9.17) is 23.2 Å². The number of rotatable bonds is 2. The molecule has 0 heterocycles. The zero-order valence-corrected chi connectivity index (χ0v) is 9.08. The van der Waals surface area contributed by atoms with Crippen LogP contribution >= 0.6 is 23.2 Å². The smallest absolute Gasteiger partial charge is 0.0581 e. The number of alkyl halides is 2. The van der Waals surface area contributed by atoms with Crippen LogP contribution in [0.2, 0.25) is 0 Å². The Labute approximate surface area is 79.3 Å². The molecular formula is C9H16Cl2. The van der Waals surface area contributed by atoms with Crippen molar-refractivity contribution in [3.63, 3.8) is 0 Å². The fraction of sp³-hybridized carbons (Fsp3) is 1.00. The third-order valence-electron chi connectivity index (χ3n) is 3.10. The minimum Gasteiger partial charge on any atom is -0.121 e. The third-order valence-corrected chi connectivity index (χ3v) is 4.49. The topological polar surface area (TPSA) is 0 Å². The Hall–Kier alpha value is 0.580. The van der Waals surface area contributed by atoms with Gasteiger partial charge in [-0.1, -0.05) is 27.7 Å². The van der Waals surface area contributed by atoms with Gasteiger partial charge in [0.05, 0.1) is 10.8 Å². The average Bonchev–Trinajstić information content (AvgIpc) is 2.37. The van der Waals surface area contributed by atoms with E-state index in [1.54, 1.807) is 0 Å². The van der Waals surface area contributed by atoms with Gasteiger partial charge in [-0.25, -0.2) is 0 Å². The minimum atomic E-state index is 0.184. The quantitative estimate of drug-likeness (QED) is 0.591. The molecule has 0 aromatic carbocycles. The Morgan fingerprint density at radius 3 is 1.18 bits per heavy atom. The molecule has 0 radical (unpaired) electrons. The van der Waals surface area contributed by atoms with E-state index in [9.17, 15) is 0 Å². The SMILES string of the molecule is CC(C)C1(C(C)C)C(Cl)C1Cl. The van der Waals surface area contributed by atoms with E-state index in [1.165, 1.54) is 0 Å². The van der Waals surface area contributed by atoms with E-state index in [-0.39, 0.29) is 16.2 Å². The highest BCUT2D eigenvalue weighted by atomic mass is 35.5.